The third kappa shape index (κ3) is 4.77. The Morgan fingerprint density at radius 3 is 2.94 bits per heavy atom. The number of rotatable bonds is 8. The minimum atomic E-state index is 0.437. The van der Waals surface area contributed by atoms with E-state index in [9.17, 15) is 0 Å². The highest BCUT2D eigenvalue weighted by molar-refractivity contribution is 4.98. The lowest BCUT2D eigenvalue weighted by molar-refractivity contribution is 0.144. The van der Waals surface area contributed by atoms with Crippen LogP contribution in [0.5, 0.6) is 0 Å². The van der Waals surface area contributed by atoms with Gasteiger partial charge in [-0.3, -0.25) is 4.68 Å². The molecule has 0 aliphatic carbocycles. The summed E-state index contributed by atoms with van der Waals surface area (Å²) in [6.45, 7) is 9.74. The maximum Gasteiger partial charge on any atom is 0.0762 e. The van der Waals surface area contributed by atoms with Gasteiger partial charge in [0.25, 0.3) is 0 Å². The molecule has 0 saturated heterocycles. The van der Waals surface area contributed by atoms with Gasteiger partial charge in [-0.2, -0.15) is 5.10 Å². The lowest BCUT2D eigenvalue weighted by atomic mass is 10.4. The summed E-state index contributed by atoms with van der Waals surface area (Å²) in [5, 5.41) is 7.82. The van der Waals surface area contributed by atoms with E-state index in [0.717, 1.165) is 38.4 Å². The highest BCUT2D eigenvalue weighted by Gasteiger charge is 2.00. The molecule has 0 radical (unpaired) electrons. The number of aromatic nitrogens is 2. The number of nitrogens with one attached hydrogen (secondary N) is 1. The minimum Gasteiger partial charge on any atom is -0.382 e. The van der Waals surface area contributed by atoms with Crippen LogP contribution in [-0.2, 0) is 11.3 Å². The molecule has 92 valence electrons. The first-order valence-electron chi connectivity index (χ1n) is 6.06. The molecule has 0 aliphatic rings. The van der Waals surface area contributed by atoms with E-state index in [4.69, 9.17) is 4.74 Å². The molecule has 0 amide bonds. The van der Waals surface area contributed by atoms with Gasteiger partial charge in [-0.15, -0.1) is 0 Å². The van der Waals surface area contributed by atoms with Crippen LogP contribution in [0.15, 0.2) is 12.3 Å². The fourth-order valence-corrected chi connectivity index (χ4v) is 1.42. The summed E-state index contributed by atoms with van der Waals surface area (Å²) >= 11 is 0. The number of nitrogens with zero attached hydrogens (tertiary/aromatic N) is 2. The Labute approximate surface area is 98.0 Å². The lowest BCUT2D eigenvalue weighted by Gasteiger charge is -2.05. The van der Waals surface area contributed by atoms with Crippen molar-refractivity contribution in [2.75, 3.05) is 19.8 Å². The van der Waals surface area contributed by atoms with Crippen molar-refractivity contribution >= 4 is 0 Å². The van der Waals surface area contributed by atoms with Gasteiger partial charge in [0, 0.05) is 32.0 Å². The second-order valence-corrected chi connectivity index (χ2v) is 4.11. The summed E-state index contributed by atoms with van der Waals surface area (Å²) in [7, 11) is 0. The first-order chi connectivity index (χ1) is 7.74. The molecule has 4 nitrogen and oxygen atoms in total. The van der Waals surface area contributed by atoms with Crippen LogP contribution in [0.4, 0.5) is 0 Å². The Balaban J connectivity index is 2.12. The molecule has 4 heteroatoms. The summed E-state index contributed by atoms with van der Waals surface area (Å²) in [4.78, 5) is 0. The van der Waals surface area contributed by atoms with E-state index in [0.29, 0.717) is 6.04 Å². The molecule has 16 heavy (non-hydrogen) atoms. The lowest BCUT2D eigenvalue weighted by Crippen LogP contribution is -2.17. The SMILES string of the molecule is CCOCCCNCc1ccn(C(C)C)n1. The largest absolute Gasteiger partial charge is 0.382 e. The van der Waals surface area contributed by atoms with Gasteiger partial charge in [0.15, 0.2) is 0 Å². The summed E-state index contributed by atoms with van der Waals surface area (Å²) in [6, 6.07) is 2.50. The molecular formula is C12H23N3O. The quantitative estimate of drug-likeness (QED) is 0.688. The molecule has 0 fully saturated rings. The van der Waals surface area contributed by atoms with Crippen molar-refractivity contribution in [3.63, 3.8) is 0 Å². The summed E-state index contributed by atoms with van der Waals surface area (Å²) in [5.74, 6) is 0. The number of hydrogen-bond donors (Lipinski definition) is 1. The maximum absolute atomic E-state index is 5.26. The first-order valence-corrected chi connectivity index (χ1v) is 6.06. The second-order valence-electron chi connectivity index (χ2n) is 4.11. The van der Waals surface area contributed by atoms with Crippen molar-refractivity contribution in [1.82, 2.24) is 15.1 Å². The van der Waals surface area contributed by atoms with Gasteiger partial charge in [0.05, 0.1) is 5.69 Å². The van der Waals surface area contributed by atoms with Crippen LogP contribution in [0.25, 0.3) is 0 Å². The molecule has 0 aliphatic heterocycles. The Hall–Kier alpha value is -0.870. The predicted octanol–water partition coefficient (Wildman–Crippen LogP) is 1.98. The third-order valence-electron chi connectivity index (χ3n) is 2.35. The molecule has 0 atom stereocenters. The zero-order valence-electron chi connectivity index (χ0n) is 10.6. The normalized spacial score (nSPS) is 11.2. The van der Waals surface area contributed by atoms with Gasteiger partial charge in [0.1, 0.15) is 0 Å². The van der Waals surface area contributed by atoms with Crippen LogP contribution >= 0.6 is 0 Å². The maximum atomic E-state index is 5.26. The van der Waals surface area contributed by atoms with E-state index in [1.165, 1.54) is 0 Å². The van der Waals surface area contributed by atoms with Gasteiger partial charge in [-0.25, -0.2) is 0 Å². The average molecular weight is 225 g/mol. The van der Waals surface area contributed by atoms with E-state index in [1.807, 2.05) is 17.8 Å². The average Bonchev–Trinajstić information content (AvgIpc) is 2.72. The van der Waals surface area contributed by atoms with Gasteiger partial charge < -0.3 is 10.1 Å². The monoisotopic (exact) mass is 225 g/mol. The zero-order chi connectivity index (χ0) is 11.8. The molecule has 0 aromatic carbocycles. The van der Waals surface area contributed by atoms with Gasteiger partial charge in [-0.1, -0.05) is 0 Å². The highest BCUT2D eigenvalue weighted by Crippen LogP contribution is 2.03. The van der Waals surface area contributed by atoms with Crippen molar-refractivity contribution in [2.24, 2.45) is 0 Å². The summed E-state index contributed by atoms with van der Waals surface area (Å²) in [6.07, 6.45) is 3.08. The molecule has 0 bridgehead atoms. The van der Waals surface area contributed by atoms with Crippen molar-refractivity contribution in [2.45, 2.75) is 39.8 Å². The van der Waals surface area contributed by atoms with Crippen LogP contribution < -0.4 is 5.32 Å². The van der Waals surface area contributed by atoms with Crippen LogP contribution in [0, 0.1) is 0 Å². The molecule has 1 heterocycles. The van der Waals surface area contributed by atoms with Crippen molar-refractivity contribution < 1.29 is 4.74 Å². The van der Waals surface area contributed by atoms with Gasteiger partial charge in [-0.05, 0) is 39.8 Å². The first kappa shape index (κ1) is 13.2. The number of ether oxygens (including phenoxy) is 1. The van der Waals surface area contributed by atoms with Crippen LogP contribution in [0.3, 0.4) is 0 Å². The molecule has 0 unspecified atom stereocenters. The van der Waals surface area contributed by atoms with Crippen LogP contribution in [0.1, 0.15) is 38.9 Å². The van der Waals surface area contributed by atoms with E-state index in [-0.39, 0.29) is 0 Å². The zero-order valence-corrected chi connectivity index (χ0v) is 10.6. The molecule has 0 saturated carbocycles. The fourth-order valence-electron chi connectivity index (χ4n) is 1.42. The number of hydrogen-bond acceptors (Lipinski definition) is 3. The third-order valence-corrected chi connectivity index (χ3v) is 2.35. The Bertz CT molecular complexity index is 284. The second kappa shape index (κ2) is 7.41. The van der Waals surface area contributed by atoms with Crippen LogP contribution in [-0.4, -0.2) is 29.5 Å². The van der Waals surface area contributed by atoms with Crippen molar-refractivity contribution in [3.05, 3.63) is 18.0 Å². The Kier molecular flexibility index (Phi) is 6.11. The highest BCUT2D eigenvalue weighted by atomic mass is 16.5. The Morgan fingerprint density at radius 1 is 1.50 bits per heavy atom. The predicted molar refractivity (Wildman–Crippen MR) is 65.4 cm³/mol. The van der Waals surface area contributed by atoms with Crippen LogP contribution in [0.2, 0.25) is 0 Å². The van der Waals surface area contributed by atoms with E-state index in [1.54, 1.807) is 0 Å². The smallest absolute Gasteiger partial charge is 0.0762 e. The Morgan fingerprint density at radius 2 is 2.31 bits per heavy atom. The molecule has 1 rings (SSSR count). The van der Waals surface area contributed by atoms with E-state index in [2.05, 4.69) is 30.3 Å². The molecule has 1 aromatic rings. The summed E-state index contributed by atoms with van der Waals surface area (Å²) < 4.78 is 7.24. The van der Waals surface area contributed by atoms with E-state index < -0.39 is 0 Å². The van der Waals surface area contributed by atoms with Crippen molar-refractivity contribution in [1.29, 1.82) is 0 Å². The van der Waals surface area contributed by atoms with Crippen molar-refractivity contribution in [3.8, 4) is 0 Å². The van der Waals surface area contributed by atoms with E-state index >= 15 is 0 Å². The standard InChI is InChI=1S/C12H23N3O/c1-4-16-9-5-7-13-10-12-6-8-15(14-12)11(2)3/h6,8,11,13H,4-5,7,9-10H2,1-3H3. The minimum absolute atomic E-state index is 0.437. The molecular weight excluding hydrogens is 202 g/mol. The molecule has 1 aromatic heterocycles. The van der Waals surface area contributed by atoms with Gasteiger partial charge in [0.2, 0.25) is 0 Å². The molecule has 1 N–H and O–H groups in total. The topological polar surface area (TPSA) is 39.1 Å². The summed E-state index contributed by atoms with van der Waals surface area (Å²) in [5.41, 5.74) is 1.10. The molecule has 0 spiro atoms. The fraction of sp³-hybridized carbons (Fsp3) is 0.750. The van der Waals surface area contributed by atoms with Gasteiger partial charge >= 0.3 is 0 Å².